The van der Waals surface area contributed by atoms with Gasteiger partial charge in [0.05, 0.1) is 5.56 Å². The van der Waals surface area contributed by atoms with E-state index in [-0.39, 0.29) is 5.91 Å². The van der Waals surface area contributed by atoms with Crippen LogP contribution < -0.4 is 5.32 Å². The number of hydrogen-bond acceptors (Lipinski definition) is 3. The first kappa shape index (κ1) is 12.0. The third kappa shape index (κ3) is 3.59. The molecule has 6 heteroatoms. The topological polar surface area (TPSA) is 90.8 Å². The summed E-state index contributed by atoms with van der Waals surface area (Å²) in [5.74, 6) is -0.147. The molecule has 1 aromatic rings. The van der Waals surface area contributed by atoms with Gasteiger partial charge in [0.1, 0.15) is 0 Å². The fourth-order valence-corrected chi connectivity index (χ4v) is 1.22. The van der Waals surface area contributed by atoms with Crippen LogP contribution in [0.1, 0.15) is 22.5 Å². The van der Waals surface area contributed by atoms with Crippen LogP contribution in [0.25, 0.3) is 10.4 Å². The van der Waals surface area contributed by atoms with Crippen molar-refractivity contribution < 1.29 is 4.79 Å². The normalized spacial score (nSPS) is 9.31. The summed E-state index contributed by atoms with van der Waals surface area (Å²) in [6.07, 6.45) is 2.28. The molecule has 6 nitrogen and oxygen atoms in total. The van der Waals surface area contributed by atoms with Gasteiger partial charge in [-0.1, -0.05) is 5.11 Å². The van der Waals surface area contributed by atoms with E-state index >= 15 is 0 Å². The number of nitrogens with one attached hydrogen (secondary N) is 1. The Morgan fingerprint density at radius 2 is 2.50 bits per heavy atom. The Kier molecular flexibility index (Phi) is 4.82. The SMILES string of the molecule is Cc1ncccc1C(=O)NCCCN=[N+]=[N-]. The van der Waals surface area contributed by atoms with E-state index in [0.29, 0.717) is 30.8 Å². The third-order valence-electron chi connectivity index (χ3n) is 2.04. The van der Waals surface area contributed by atoms with E-state index in [9.17, 15) is 4.79 Å². The van der Waals surface area contributed by atoms with Crippen molar-refractivity contribution in [2.24, 2.45) is 5.11 Å². The van der Waals surface area contributed by atoms with Gasteiger partial charge in [0.15, 0.2) is 0 Å². The number of azide groups is 1. The number of aryl methyl sites for hydroxylation is 1. The standard InChI is InChI=1S/C10H13N5O/c1-8-9(4-2-5-12-8)10(16)13-6-3-7-14-15-11/h2,4-5H,3,6-7H2,1H3,(H,13,16). The Balaban J connectivity index is 2.41. The smallest absolute Gasteiger partial charge is 0.253 e. The summed E-state index contributed by atoms with van der Waals surface area (Å²) in [6, 6.07) is 3.45. The maximum absolute atomic E-state index is 11.6. The van der Waals surface area contributed by atoms with Crippen LogP contribution in [0, 0.1) is 6.92 Å². The second-order valence-electron chi connectivity index (χ2n) is 3.20. The monoisotopic (exact) mass is 219 g/mol. The fraction of sp³-hybridized carbons (Fsp3) is 0.400. The molecule has 0 aliphatic carbocycles. The second-order valence-corrected chi connectivity index (χ2v) is 3.20. The van der Waals surface area contributed by atoms with Gasteiger partial charge in [0.25, 0.3) is 5.91 Å². The molecule has 0 bridgehead atoms. The molecule has 1 aromatic heterocycles. The van der Waals surface area contributed by atoms with E-state index in [1.54, 1.807) is 25.3 Å². The number of carbonyl (C=O) groups excluding carboxylic acids is 1. The molecule has 0 saturated carbocycles. The van der Waals surface area contributed by atoms with Gasteiger partial charge in [-0.2, -0.15) is 0 Å². The van der Waals surface area contributed by atoms with Gasteiger partial charge in [-0.05, 0) is 31.0 Å². The lowest BCUT2D eigenvalue weighted by Gasteiger charge is -2.05. The molecule has 1 N–H and O–H groups in total. The molecule has 1 amide bonds. The molecule has 0 saturated heterocycles. The van der Waals surface area contributed by atoms with E-state index in [1.807, 2.05) is 0 Å². The minimum atomic E-state index is -0.147. The van der Waals surface area contributed by atoms with Gasteiger partial charge in [0, 0.05) is 29.9 Å². The highest BCUT2D eigenvalue weighted by molar-refractivity contribution is 5.95. The molecular formula is C10H13N5O. The van der Waals surface area contributed by atoms with Crippen LogP contribution in [0.3, 0.4) is 0 Å². The zero-order chi connectivity index (χ0) is 11.8. The van der Waals surface area contributed by atoms with Crippen molar-refractivity contribution in [3.8, 4) is 0 Å². The zero-order valence-electron chi connectivity index (χ0n) is 9.05. The first-order chi connectivity index (χ1) is 7.75. The third-order valence-corrected chi connectivity index (χ3v) is 2.04. The highest BCUT2D eigenvalue weighted by Crippen LogP contribution is 2.02. The molecular weight excluding hydrogens is 206 g/mol. The van der Waals surface area contributed by atoms with Crippen LogP contribution >= 0.6 is 0 Å². The zero-order valence-corrected chi connectivity index (χ0v) is 9.05. The lowest BCUT2D eigenvalue weighted by atomic mass is 10.2. The highest BCUT2D eigenvalue weighted by atomic mass is 16.1. The van der Waals surface area contributed by atoms with Gasteiger partial charge in [-0.3, -0.25) is 9.78 Å². The molecule has 0 unspecified atom stereocenters. The van der Waals surface area contributed by atoms with Gasteiger partial charge < -0.3 is 5.32 Å². The first-order valence-electron chi connectivity index (χ1n) is 4.96. The predicted octanol–water partition coefficient (Wildman–Crippen LogP) is 1.82. The average molecular weight is 219 g/mol. The van der Waals surface area contributed by atoms with Gasteiger partial charge in [-0.15, -0.1) is 0 Å². The van der Waals surface area contributed by atoms with Crippen LogP contribution in [0.5, 0.6) is 0 Å². The molecule has 0 atom stereocenters. The van der Waals surface area contributed by atoms with E-state index in [2.05, 4.69) is 20.3 Å². The molecule has 0 fully saturated rings. The molecule has 1 rings (SSSR count). The van der Waals surface area contributed by atoms with Gasteiger partial charge in [-0.25, -0.2) is 0 Å². The van der Waals surface area contributed by atoms with Crippen molar-refractivity contribution in [1.82, 2.24) is 10.3 Å². The summed E-state index contributed by atoms with van der Waals surface area (Å²) >= 11 is 0. The Bertz CT molecular complexity index is 411. The molecule has 16 heavy (non-hydrogen) atoms. The van der Waals surface area contributed by atoms with Crippen molar-refractivity contribution in [2.75, 3.05) is 13.1 Å². The Morgan fingerprint density at radius 3 is 3.19 bits per heavy atom. The quantitative estimate of drug-likeness (QED) is 0.354. The number of rotatable bonds is 5. The number of amides is 1. The van der Waals surface area contributed by atoms with Crippen LogP contribution in [-0.4, -0.2) is 24.0 Å². The van der Waals surface area contributed by atoms with E-state index in [0.717, 1.165) is 0 Å². The summed E-state index contributed by atoms with van der Waals surface area (Å²) in [5.41, 5.74) is 9.33. The van der Waals surface area contributed by atoms with E-state index in [4.69, 9.17) is 5.53 Å². The molecule has 0 aliphatic heterocycles. The fourth-order valence-electron chi connectivity index (χ4n) is 1.22. The average Bonchev–Trinajstić information content (AvgIpc) is 2.29. The molecule has 84 valence electrons. The minimum Gasteiger partial charge on any atom is -0.352 e. The van der Waals surface area contributed by atoms with Crippen LogP contribution in [0.15, 0.2) is 23.4 Å². The number of pyridine rings is 1. The maximum atomic E-state index is 11.6. The molecule has 1 heterocycles. The van der Waals surface area contributed by atoms with Crippen LogP contribution in [0.2, 0.25) is 0 Å². The Morgan fingerprint density at radius 1 is 1.69 bits per heavy atom. The van der Waals surface area contributed by atoms with Crippen molar-refractivity contribution in [2.45, 2.75) is 13.3 Å². The van der Waals surface area contributed by atoms with Crippen molar-refractivity contribution in [3.63, 3.8) is 0 Å². The summed E-state index contributed by atoms with van der Waals surface area (Å²) in [5, 5.41) is 6.11. The van der Waals surface area contributed by atoms with Crippen molar-refractivity contribution in [1.29, 1.82) is 0 Å². The largest absolute Gasteiger partial charge is 0.352 e. The molecule has 0 radical (unpaired) electrons. The Labute approximate surface area is 93.3 Å². The predicted molar refractivity (Wildman–Crippen MR) is 59.9 cm³/mol. The number of carbonyl (C=O) groups is 1. The van der Waals surface area contributed by atoms with Crippen LogP contribution in [0.4, 0.5) is 0 Å². The molecule has 0 aliphatic rings. The molecule has 0 aromatic carbocycles. The number of hydrogen-bond donors (Lipinski definition) is 1. The number of nitrogens with zero attached hydrogens (tertiary/aromatic N) is 4. The lowest BCUT2D eigenvalue weighted by Crippen LogP contribution is -2.25. The number of aromatic nitrogens is 1. The maximum Gasteiger partial charge on any atom is 0.253 e. The van der Waals surface area contributed by atoms with Gasteiger partial charge in [0.2, 0.25) is 0 Å². The van der Waals surface area contributed by atoms with E-state index < -0.39 is 0 Å². The summed E-state index contributed by atoms with van der Waals surface area (Å²) in [7, 11) is 0. The lowest BCUT2D eigenvalue weighted by molar-refractivity contribution is 0.0952. The summed E-state index contributed by atoms with van der Waals surface area (Å²) in [6.45, 7) is 2.67. The summed E-state index contributed by atoms with van der Waals surface area (Å²) in [4.78, 5) is 18.3. The second kappa shape index (κ2) is 6.42. The van der Waals surface area contributed by atoms with Crippen molar-refractivity contribution in [3.05, 3.63) is 40.0 Å². The van der Waals surface area contributed by atoms with E-state index in [1.165, 1.54) is 0 Å². The highest BCUT2D eigenvalue weighted by Gasteiger charge is 2.07. The first-order valence-corrected chi connectivity index (χ1v) is 4.96. The minimum absolute atomic E-state index is 0.147. The molecule has 0 spiro atoms. The van der Waals surface area contributed by atoms with Crippen molar-refractivity contribution >= 4 is 5.91 Å². The van der Waals surface area contributed by atoms with Gasteiger partial charge >= 0.3 is 0 Å². The Hall–Kier alpha value is -2.07. The summed E-state index contributed by atoms with van der Waals surface area (Å²) < 4.78 is 0. The van der Waals surface area contributed by atoms with Crippen LogP contribution in [-0.2, 0) is 0 Å².